The molecule has 0 spiro atoms. The Morgan fingerprint density at radius 2 is 1.96 bits per heavy atom. The number of thiophene rings is 1. The summed E-state index contributed by atoms with van der Waals surface area (Å²) in [5.41, 5.74) is 1.82. The Labute approximate surface area is 143 Å². The van der Waals surface area contributed by atoms with Gasteiger partial charge in [0.2, 0.25) is 0 Å². The van der Waals surface area contributed by atoms with Crippen molar-refractivity contribution in [1.29, 1.82) is 0 Å². The van der Waals surface area contributed by atoms with Gasteiger partial charge in [-0.05, 0) is 53.6 Å². The van der Waals surface area contributed by atoms with E-state index in [-0.39, 0.29) is 11.5 Å². The first-order valence-electron chi connectivity index (χ1n) is 7.27. The monoisotopic (exact) mass is 337 g/mol. The number of rotatable bonds is 5. The van der Waals surface area contributed by atoms with Gasteiger partial charge < -0.3 is 9.84 Å². The third-order valence-electron chi connectivity index (χ3n) is 3.44. The van der Waals surface area contributed by atoms with Crippen molar-refractivity contribution in [2.75, 3.05) is 7.11 Å². The molecule has 120 valence electrons. The number of hydrogen-bond donors (Lipinski definition) is 1. The van der Waals surface area contributed by atoms with E-state index in [0.29, 0.717) is 10.6 Å². The van der Waals surface area contributed by atoms with Crippen LogP contribution in [0.1, 0.15) is 15.2 Å². The summed E-state index contributed by atoms with van der Waals surface area (Å²) in [5.74, 6) is 0.384. The van der Waals surface area contributed by atoms with E-state index in [9.17, 15) is 9.90 Å². The van der Waals surface area contributed by atoms with Gasteiger partial charge in [0.05, 0.1) is 12.0 Å². The summed E-state index contributed by atoms with van der Waals surface area (Å²) >= 11 is 1.45. The Hall–Kier alpha value is -2.92. The lowest BCUT2D eigenvalue weighted by molar-refractivity contribution is 0.105. The smallest absolute Gasteiger partial charge is 0.195 e. The molecule has 0 saturated carbocycles. The molecular weight excluding hydrogens is 322 g/mol. The summed E-state index contributed by atoms with van der Waals surface area (Å²) in [6, 6.07) is 12.5. The van der Waals surface area contributed by atoms with Crippen LogP contribution in [-0.2, 0) is 0 Å². The number of nitrogens with zero attached hydrogens (tertiary/aromatic N) is 1. The number of benzene rings is 1. The lowest BCUT2D eigenvalue weighted by Crippen LogP contribution is -1.89. The number of carbonyl (C=O) groups excluding carboxylic acids is 1. The molecule has 2 aromatic heterocycles. The van der Waals surface area contributed by atoms with Crippen molar-refractivity contribution in [1.82, 2.24) is 4.98 Å². The number of ketones is 1. The SMILES string of the molecule is COc1cc(/C=C/C(=O)c2ccc(-c3ccncc3)s2)ccc1O. The summed E-state index contributed by atoms with van der Waals surface area (Å²) in [4.78, 5) is 18.0. The summed E-state index contributed by atoms with van der Waals surface area (Å²) in [5, 5.41) is 9.58. The molecule has 4 nitrogen and oxygen atoms in total. The second kappa shape index (κ2) is 7.10. The highest BCUT2D eigenvalue weighted by Gasteiger charge is 2.08. The van der Waals surface area contributed by atoms with Crippen LogP contribution in [0.5, 0.6) is 11.5 Å². The molecule has 1 N–H and O–H groups in total. The third kappa shape index (κ3) is 3.52. The number of phenols is 1. The van der Waals surface area contributed by atoms with Gasteiger partial charge in [0.15, 0.2) is 17.3 Å². The third-order valence-corrected chi connectivity index (χ3v) is 4.59. The summed E-state index contributed by atoms with van der Waals surface area (Å²) in [7, 11) is 1.49. The molecule has 0 fully saturated rings. The van der Waals surface area contributed by atoms with E-state index in [2.05, 4.69) is 4.98 Å². The lowest BCUT2D eigenvalue weighted by atomic mass is 10.1. The van der Waals surface area contributed by atoms with Gasteiger partial charge in [0, 0.05) is 17.3 Å². The fourth-order valence-corrected chi connectivity index (χ4v) is 3.13. The van der Waals surface area contributed by atoms with E-state index in [1.165, 1.54) is 30.6 Å². The average Bonchev–Trinajstić information content (AvgIpc) is 3.12. The Balaban J connectivity index is 1.77. The highest BCUT2D eigenvalue weighted by atomic mass is 32.1. The molecule has 3 aromatic rings. The zero-order valence-corrected chi connectivity index (χ0v) is 13.8. The molecular formula is C19H15NO3S. The second-order valence-electron chi connectivity index (χ2n) is 5.03. The first-order valence-corrected chi connectivity index (χ1v) is 8.08. The first kappa shape index (κ1) is 16.0. The maximum absolute atomic E-state index is 12.3. The number of methoxy groups -OCH3 is 1. The Morgan fingerprint density at radius 3 is 2.71 bits per heavy atom. The van der Waals surface area contributed by atoms with Crippen molar-refractivity contribution in [2.45, 2.75) is 0 Å². The minimum atomic E-state index is -0.0626. The fourth-order valence-electron chi connectivity index (χ4n) is 2.19. The maximum atomic E-state index is 12.3. The zero-order valence-electron chi connectivity index (χ0n) is 13.0. The zero-order chi connectivity index (χ0) is 16.9. The average molecular weight is 337 g/mol. The van der Waals surface area contributed by atoms with Gasteiger partial charge in [0.1, 0.15) is 0 Å². The van der Waals surface area contributed by atoms with E-state index < -0.39 is 0 Å². The van der Waals surface area contributed by atoms with Crippen LogP contribution in [0.15, 0.2) is 60.9 Å². The van der Waals surface area contributed by atoms with Gasteiger partial charge in [-0.25, -0.2) is 0 Å². The topological polar surface area (TPSA) is 59.4 Å². The van der Waals surface area contributed by atoms with Crippen molar-refractivity contribution < 1.29 is 14.6 Å². The molecule has 1 aromatic carbocycles. The second-order valence-corrected chi connectivity index (χ2v) is 6.11. The molecule has 0 amide bonds. The summed E-state index contributed by atoms with van der Waals surface area (Å²) < 4.78 is 5.06. The van der Waals surface area contributed by atoms with Crippen LogP contribution in [0.25, 0.3) is 16.5 Å². The quantitative estimate of drug-likeness (QED) is 0.553. The Morgan fingerprint density at radius 1 is 1.17 bits per heavy atom. The van der Waals surface area contributed by atoms with Crippen molar-refractivity contribution in [3.63, 3.8) is 0 Å². The number of hydrogen-bond acceptors (Lipinski definition) is 5. The molecule has 0 aliphatic rings. The fraction of sp³-hybridized carbons (Fsp3) is 0.0526. The van der Waals surface area contributed by atoms with Crippen LogP contribution in [0.3, 0.4) is 0 Å². The number of aromatic hydroxyl groups is 1. The van der Waals surface area contributed by atoms with Crippen LogP contribution >= 0.6 is 11.3 Å². The molecule has 0 aliphatic heterocycles. The van der Waals surface area contributed by atoms with Crippen molar-refractivity contribution in [3.05, 3.63) is 71.4 Å². The van der Waals surface area contributed by atoms with Crippen molar-refractivity contribution in [3.8, 4) is 21.9 Å². The van der Waals surface area contributed by atoms with Gasteiger partial charge in [-0.2, -0.15) is 0 Å². The Kier molecular flexibility index (Phi) is 4.72. The number of ether oxygens (including phenoxy) is 1. The van der Waals surface area contributed by atoms with Crippen molar-refractivity contribution in [2.24, 2.45) is 0 Å². The van der Waals surface area contributed by atoms with Crippen LogP contribution < -0.4 is 4.74 Å². The lowest BCUT2D eigenvalue weighted by Gasteiger charge is -2.03. The maximum Gasteiger partial charge on any atom is 0.195 e. The molecule has 0 unspecified atom stereocenters. The van der Waals surface area contributed by atoms with Crippen LogP contribution in [0.4, 0.5) is 0 Å². The highest BCUT2D eigenvalue weighted by Crippen LogP contribution is 2.29. The van der Waals surface area contributed by atoms with Gasteiger partial charge in [-0.3, -0.25) is 9.78 Å². The van der Waals surface area contributed by atoms with Gasteiger partial charge in [-0.15, -0.1) is 11.3 Å². The number of allylic oxidation sites excluding steroid dienone is 1. The van der Waals surface area contributed by atoms with E-state index >= 15 is 0 Å². The molecule has 0 atom stereocenters. The predicted octanol–water partition coefficient (Wildman–Crippen LogP) is 4.42. The van der Waals surface area contributed by atoms with Crippen molar-refractivity contribution >= 4 is 23.2 Å². The van der Waals surface area contributed by atoms with E-state index in [1.54, 1.807) is 30.6 Å². The van der Waals surface area contributed by atoms with Gasteiger partial charge in [0.25, 0.3) is 0 Å². The minimum absolute atomic E-state index is 0.0626. The normalized spacial score (nSPS) is 10.9. The van der Waals surface area contributed by atoms with Gasteiger partial charge >= 0.3 is 0 Å². The van der Waals surface area contributed by atoms with Crippen LogP contribution in [0.2, 0.25) is 0 Å². The summed E-state index contributed by atoms with van der Waals surface area (Å²) in [6.07, 6.45) is 6.69. The number of phenolic OH excluding ortho intramolecular Hbond substituents is 1. The number of carbonyl (C=O) groups is 1. The molecule has 24 heavy (non-hydrogen) atoms. The van der Waals surface area contributed by atoms with Crippen LogP contribution in [-0.4, -0.2) is 23.0 Å². The molecule has 0 radical (unpaired) electrons. The first-order chi connectivity index (χ1) is 11.7. The molecule has 0 bridgehead atoms. The molecule has 0 aliphatic carbocycles. The standard InChI is InChI=1S/C19H15NO3S/c1-23-17-12-13(2-4-15(17)21)3-5-16(22)19-7-6-18(24-19)14-8-10-20-11-9-14/h2-12,21H,1H3/b5-3+. The largest absolute Gasteiger partial charge is 0.504 e. The van der Waals surface area contributed by atoms with E-state index in [4.69, 9.17) is 4.74 Å². The summed E-state index contributed by atoms with van der Waals surface area (Å²) in [6.45, 7) is 0. The minimum Gasteiger partial charge on any atom is -0.504 e. The highest BCUT2D eigenvalue weighted by molar-refractivity contribution is 7.17. The number of aromatic nitrogens is 1. The van der Waals surface area contributed by atoms with Crippen LogP contribution in [0, 0.1) is 0 Å². The van der Waals surface area contributed by atoms with E-state index in [0.717, 1.165) is 16.0 Å². The molecule has 5 heteroatoms. The predicted molar refractivity (Wildman–Crippen MR) is 95.6 cm³/mol. The van der Waals surface area contributed by atoms with E-state index in [1.807, 2.05) is 24.3 Å². The Bertz CT molecular complexity index is 885. The molecule has 0 saturated heterocycles. The van der Waals surface area contributed by atoms with Gasteiger partial charge in [-0.1, -0.05) is 12.1 Å². The molecule has 2 heterocycles. The number of pyridine rings is 1. The molecule has 3 rings (SSSR count).